The van der Waals surface area contributed by atoms with E-state index in [0.717, 1.165) is 5.56 Å². The van der Waals surface area contributed by atoms with Crippen LogP contribution >= 0.6 is 0 Å². The van der Waals surface area contributed by atoms with E-state index in [-0.39, 0.29) is 5.91 Å². The smallest absolute Gasteiger partial charge is 0.249 e. The fraction of sp³-hybridized carbons (Fsp3) is 0. The SMILES string of the molecule is O=C(C=Cc1ccncc1)Nc1ccn[nH]1. The van der Waals surface area contributed by atoms with Gasteiger partial charge in [0.2, 0.25) is 5.91 Å². The standard InChI is InChI=1S/C11H10N4O/c16-11(14-10-5-8-13-15-10)2-1-9-3-6-12-7-4-9/h1-8H,(H2,13,14,15,16). The summed E-state index contributed by atoms with van der Waals surface area (Å²) < 4.78 is 0. The largest absolute Gasteiger partial charge is 0.307 e. The summed E-state index contributed by atoms with van der Waals surface area (Å²) in [6.45, 7) is 0. The van der Waals surface area contributed by atoms with Crippen molar-refractivity contribution in [1.82, 2.24) is 15.2 Å². The first-order valence-electron chi connectivity index (χ1n) is 4.73. The average Bonchev–Trinajstić information content (AvgIpc) is 2.81. The van der Waals surface area contributed by atoms with Crippen molar-refractivity contribution < 1.29 is 4.79 Å². The summed E-state index contributed by atoms with van der Waals surface area (Å²) >= 11 is 0. The number of H-pyrrole nitrogens is 1. The summed E-state index contributed by atoms with van der Waals surface area (Å²) in [5, 5.41) is 8.99. The second-order valence-corrected chi connectivity index (χ2v) is 3.07. The third-order valence-electron chi connectivity index (χ3n) is 1.89. The number of carbonyl (C=O) groups is 1. The first-order chi connectivity index (χ1) is 7.84. The van der Waals surface area contributed by atoms with Gasteiger partial charge in [0.05, 0.1) is 6.20 Å². The number of pyridine rings is 1. The molecule has 0 aromatic carbocycles. The van der Waals surface area contributed by atoms with Crippen LogP contribution in [0, 0.1) is 0 Å². The second kappa shape index (κ2) is 4.88. The molecule has 2 N–H and O–H groups in total. The van der Waals surface area contributed by atoms with Gasteiger partial charge in [-0.2, -0.15) is 5.10 Å². The molecule has 2 aromatic rings. The van der Waals surface area contributed by atoms with E-state index >= 15 is 0 Å². The fourth-order valence-corrected chi connectivity index (χ4v) is 1.15. The van der Waals surface area contributed by atoms with E-state index in [1.54, 1.807) is 30.7 Å². The number of aromatic amines is 1. The lowest BCUT2D eigenvalue weighted by Gasteiger charge is -1.96. The summed E-state index contributed by atoms with van der Waals surface area (Å²) in [4.78, 5) is 15.3. The molecule has 0 saturated carbocycles. The zero-order valence-corrected chi connectivity index (χ0v) is 8.42. The van der Waals surface area contributed by atoms with Crippen LogP contribution in [0.1, 0.15) is 5.56 Å². The Balaban J connectivity index is 1.95. The Kier molecular flexibility index (Phi) is 3.08. The summed E-state index contributed by atoms with van der Waals surface area (Å²) in [7, 11) is 0. The number of hydrogen-bond acceptors (Lipinski definition) is 3. The van der Waals surface area contributed by atoms with Crippen molar-refractivity contribution in [2.24, 2.45) is 0 Å². The van der Waals surface area contributed by atoms with Crippen molar-refractivity contribution in [3.8, 4) is 0 Å². The number of nitrogens with one attached hydrogen (secondary N) is 2. The molecule has 0 saturated heterocycles. The quantitative estimate of drug-likeness (QED) is 0.760. The molecular weight excluding hydrogens is 204 g/mol. The Hall–Kier alpha value is -2.43. The summed E-state index contributed by atoms with van der Waals surface area (Å²) in [5.41, 5.74) is 0.926. The molecular formula is C11H10N4O. The molecule has 0 unspecified atom stereocenters. The minimum absolute atomic E-state index is 0.207. The number of rotatable bonds is 3. The Bertz CT molecular complexity index is 476. The van der Waals surface area contributed by atoms with Gasteiger partial charge in [-0.15, -0.1) is 0 Å². The molecule has 0 bridgehead atoms. The van der Waals surface area contributed by atoms with Crippen LogP contribution in [0.5, 0.6) is 0 Å². The van der Waals surface area contributed by atoms with Gasteiger partial charge < -0.3 is 5.32 Å². The number of anilines is 1. The van der Waals surface area contributed by atoms with Gasteiger partial charge in [-0.05, 0) is 23.8 Å². The van der Waals surface area contributed by atoms with Crippen LogP contribution in [0.15, 0.2) is 42.9 Å². The first kappa shape index (κ1) is 10.1. The van der Waals surface area contributed by atoms with Gasteiger partial charge >= 0.3 is 0 Å². The van der Waals surface area contributed by atoms with E-state index in [1.807, 2.05) is 12.1 Å². The highest BCUT2D eigenvalue weighted by molar-refractivity contribution is 6.01. The predicted octanol–water partition coefficient (Wildman–Crippen LogP) is 1.46. The van der Waals surface area contributed by atoms with Crippen LogP contribution in [0.4, 0.5) is 5.82 Å². The van der Waals surface area contributed by atoms with E-state index in [4.69, 9.17) is 0 Å². The normalized spacial score (nSPS) is 10.5. The third-order valence-corrected chi connectivity index (χ3v) is 1.89. The summed E-state index contributed by atoms with van der Waals surface area (Å²) in [6, 6.07) is 5.32. The molecule has 0 atom stereocenters. The van der Waals surface area contributed by atoms with Crippen molar-refractivity contribution in [3.05, 3.63) is 48.4 Å². The van der Waals surface area contributed by atoms with Crippen molar-refractivity contribution in [3.63, 3.8) is 0 Å². The lowest BCUT2D eigenvalue weighted by Crippen LogP contribution is -2.07. The van der Waals surface area contributed by atoms with E-state index < -0.39 is 0 Å². The summed E-state index contributed by atoms with van der Waals surface area (Å²) in [6.07, 6.45) is 8.09. The van der Waals surface area contributed by atoms with Crippen LogP contribution in [-0.2, 0) is 4.79 Å². The van der Waals surface area contributed by atoms with Gasteiger partial charge in [0.25, 0.3) is 0 Å². The summed E-state index contributed by atoms with van der Waals surface area (Å²) in [5.74, 6) is 0.366. The molecule has 0 fully saturated rings. The lowest BCUT2D eigenvalue weighted by atomic mass is 10.2. The molecule has 0 spiro atoms. The highest BCUT2D eigenvalue weighted by Crippen LogP contribution is 2.01. The van der Waals surface area contributed by atoms with Crippen LogP contribution < -0.4 is 5.32 Å². The monoisotopic (exact) mass is 214 g/mol. The van der Waals surface area contributed by atoms with Gasteiger partial charge in [-0.1, -0.05) is 0 Å². The third kappa shape index (κ3) is 2.78. The van der Waals surface area contributed by atoms with Crippen LogP contribution in [-0.4, -0.2) is 21.1 Å². The number of amides is 1. The van der Waals surface area contributed by atoms with E-state index in [1.165, 1.54) is 6.08 Å². The molecule has 2 aromatic heterocycles. The molecule has 16 heavy (non-hydrogen) atoms. The van der Waals surface area contributed by atoms with Gasteiger partial charge in [0.15, 0.2) is 0 Å². The number of nitrogens with zero attached hydrogens (tertiary/aromatic N) is 2. The van der Waals surface area contributed by atoms with Gasteiger partial charge in [-0.25, -0.2) is 0 Å². The first-order valence-corrected chi connectivity index (χ1v) is 4.73. The Morgan fingerprint density at radius 3 is 2.75 bits per heavy atom. The van der Waals surface area contributed by atoms with E-state index in [2.05, 4.69) is 20.5 Å². The zero-order chi connectivity index (χ0) is 11.2. The van der Waals surface area contributed by atoms with Crippen LogP contribution in [0.25, 0.3) is 6.08 Å². The maximum Gasteiger partial charge on any atom is 0.249 e. The lowest BCUT2D eigenvalue weighted by molar-refractivity contribution is -0.111. The number of aromatic nitrogens is 3. The highest BCUT2D eigenvalue weighted by Gasteiger charge is 1.97. The molecule has 0 aliphatic heterocycles. The molecule has 80 valence electrons. The zero-order valence-electron chi connectivity index (χ0n) is 8.42. The maximum atomic E-state index is 11.4. The van der Waals surface area contributed by atoms with Crippen molar-refractivity contribution in [2.75, 3.05) is 5.32 Å². The molecule has 1 amide bonds. The minimum Gasteiger partial charge on any atom is -0.307 e. The molecule has 2 heterocycles. The van der Waals surface area contributed by atoms with Gasteiger partial charge in [0, 0.05) is 24.5 Å². The maximum absolute atomic E-state index is 11.4. The fourth-order valence-electron chi connectivity index (χ4n) is 1.15. The van der Waals surface area contributed by atoms with E-state index in [0.29, 0.717) is 5.82 Å². The van der Waals surface area contributed by atoms with Gasteiger partial charge in [0.1, 0.15) is 5.82 Å². The predicted molar refractivity (Wildman–Crippen MR) is 60.5 cm³/mol. The topological polar surface area (TPSA) is 70.7 Å². The molecule has 0 aliphatic carbocycles. The molecule has 5 heteroatoms. The minimum atomic E-state index is -0.207. The van der Waals surface area contributed by atoms with Crippen LogP contribution in [0.2, 0.25) is 0 Å². The Morgan fingerprint density at radius 2 is 2.06 bits per heavy atom. The molecule has 0 radical (unpaired) electrons. The Labute approximate surface area is 92.2 Å². The van der Waals surface area contributed by atoms with Crippen LogP contribution in [0.3, 0.4) is 0 Å². The number of hydrogen-bond donors (Lipinski definition) is 2. The van der Waals surface area contributed by atoms with Gasteiger partial charge in [-0.3, -0.25) is 14.9 Å². The Morgan fingerprint density at radius 1 is 1.25 bits per heavy atom. The molecule has 0 aliphatic rings. The second-order valence-electron chi connectivity index (χ2n) is 3.07. The molecule has 2 rings (SSSR count). The highest BCUT2D eigenvalue weighted by atomic mass is 16.1. The van der Waals surface area contributed by atoms with Crippen molar-refractivity contribution in [1.29, 1.82) is 0 Å². The average molecular weight is 214 g/mol. The van der Waals surface area contributed by atoms with Crippen molar-refractivity contribution in [2.45, 2.75) is 0 Å². The molecule has 5 nitrogen and oxygen atoms in total. The number of carbonyl (C=O) groups excluding carboxylic acids is 1. The van der Waals surface area contributed by atoms with E-state index in [9.17, 15) is 4.79 Å². The van der Waals surface area contributed by atoms with Crippen molar-refractivity contribution >= 4 is 17.8 Å².